The van der Waals surface area contributed by atoms with Crippen molar-refractivity contribution in [3.05, 3.63) is 54.1 Å². The van der Waals surface area contributed by atoms with E-state index in [0.717, 1.165) is 11.2 Å². The number of methoxy groups -OCH3 is 1. The fourth-order valence-electron chi connectivity index (χ4n) is 3.39. The van der Waals surface area contributed by atoms with Gasteiger partial charge in [-0.1, -0.05) is 35.5 Å². The summed E-state index contributed by atoms with van der Waals surface area (Å²) in [5.41, 5.74) is -2.01. The van der Waals surface area contributed by atoms with Crippen molar-refractivity contribution in [2.75, 3.05) is 20.2 Å². The standard InChI is InChI=1S/C19H17F3N4O4/c1-28-10-14-23-13(9-29-14)16(27)26-8-7-18(11-26,19(20,21)22)17-24-15(25-30-17)12-5-3-2-4-6-12/h2-6,9H,7-8,10-11H2,1H3. The highest BCUT2D eigenvalue weighted by molar-refractivity contribution is 5.92. The van der Waals surface area contributed by atoms with Crippen LogP contribution in [0.2, 0.25) is 0 Å². The first-order chi connectivity index (χ1) is 14.3. The molecule has 4 rings (SSSR count). The average molecular weight is 422 g/mol. The number of aromatic nitrogens is 3. The number of hydrogen-bond donors (Lipinski definition) is 0. The van der Waals surface area contributed by atoms with Crippen LogP contribution in [0, 0.1) is 0 Å². The minimum absolute atomic E-state index is 0.0457. The summed E-state index contributed by atoms with van der Waals surface area (Å²) in [6.07, 6.45) is -4.00. The van der Waals surface area contributed by atoms with Crippen molar-refractivity contribution in [2.24, 2.45) is 0 Å². The van der Waals surface area contributed by atoms with Gasteiger partial charge in [0.05, 0.1) is 0 Å². The highest BCUT2D eigenvalue weighted by Gasteiger charge is 2.63. The third kappa shape index (κ3) is 3.45. The van der Waals surface area contributed by atoms with Crippen LogP contribution in [-0.2, 0) is 16.8 Å². The fraction of sp³-hybridized carbons (Fsp3) is 0.368. The van der Waals surface area contributed by atoms with Crippen molar-refractivity contribution in [3.63, 3.8) is 0 Å². The minimum atomic E-state index is -4.70. The van der Waals surface area contributed by atoms with Gasteiger partial charge in [0.15, 0.2) is 11.1 Å². The van der Waals surface area contributed by atoms with E-state index in [0.29, 0.717) is 5.56 Å². The van der Waals surface area contributed by atoms with Gasteiger partial charge < -0.3 is 18.6 Å². The maximum Gasteiger partial charge on any atom is 0.405 e. The normalized spacial score (nSPS) is 19.4. The molecule has 1 fully saturated rings. The number of likely N-dealkylation sites (tertiary alicyclic amines) is 1. The molecule has 0 radical (unpaired) electrons. The monoisotopic (exact) mass is 422 g/mol. The molecule has 3 heterocycles. The van der Waals surface area contributed by atoms with Crippen molar-refractivity contribution in [3.8, 4) is 11.4 Å². The van der Waals surface area contributed by atoms with Crippen LogP contribution < -0.4 is 0 Å². The molecule has 1 aliphatic heterocycles. The third-order valence-electron chi connectivity index (χ3n) is 5.01. The van der Waals surface area contributed by atoms with E-state index in [9.17, 15) is 18.0 Å². The zero-order valence-corrected chi connectivity index (χ0v) is 15.8. The summed E-state index contributed by atoms with van der Waals surface area (Å²) in [6.45, 7) is -0.754. The molecule has 1 unspecified atom stereocenters. The summed E-state index contributed by atoms with van der Waals surface area (Å²) in [5, 5.41) is 3.71. The van der Waals surface area contributed by atoms with Gasteiger partial charge in [-0.2, -0.15) is 18.2 Å². The van der Waals surface area contributed by atoms with Crippen LogP contribution in [-0.4, -0.2) is 52.3 Å². The topological polar surface area (TPSA) is 94.5 Å². The second-order valence-electron chi connectivity index (χ2n) is 6.91. The number of rotatable bonds is 5. The zero-order chi connectivity index (χ0) is 21.4. The van der Waals surface area contributed by atoms with E-state index in [2.05, 4.69) is 15.1 Å². The molecule has 0 aliphatic carbocycles. The molecule has 1 aliphatic rings. The number of halogens is 3. The molecule has 0 spiro atoms. The Bertz CT molecular complexity index is 1030. The number of alkyl halides is 3. The zero-order valence-electron chi connectivity index (χ0n) is 15.8. The highest BCUT2D eigenvalue weighted by atomic mass is 19.4. The van der Waals surface area contributed by atoms with E-state index in [4.69, 9.17) is 13.7 Å². The summed E-state index contributed by atoms with van der Waals surface area (Å²) in [4.78, 5) is 21.7. The number of nitrogens with zero attached hydrogens (tertiary/aromatic N) is 4. The number of ether oxygens (including phenoxy) is 1. The quantitative estimate of drug-likeness (QED) is 0.623. The number of carbonyl (C=O) groups is 1. The molecule has 8 nitrogen and oxygen atoms in total. The van der Waals surface area contributed by atoms with Crippen LogP contribution in [0.5, 0.6) is 0 Å². The lowest BCUT2D eigenvalue weighted by atomic mass is 9.86. The second kappa shape index (κ2) is 7.56. The lowest BCUT2D eigenvalue weighted by molar-refractivity contribution is -0.193. The Labute approximate surface area is 168 Å². The van der Waals surface area contributed by atoms with Gasteiger partial charge in [-0.15, -0.1) is 0 Å². The Morgan fingerprint density at radius 3 is 2.73 bits per heavy atom. The maximum atomic E-state index is 14.1. The van der Waals surface area contributed by atoms with Gasteiger partial charge in [0.25, 0.3) is 5.91 Å². The smallest absolute Gasteiger partial charge is 0.405 e. The Morgan fingerprint density at radius 2 is 2.03 bits per heavy atom. The summed E-state index contributed by atoms with van der Waals surface area (Å²) >= 11 is 0. The molecule has 158 valence electrons. The van der Waals surface area contributed by atoms with E-state index >= 15 is 0 Å². The summed E-state index contributed by atoms with van der Waals surface area (Å²) in [6, 6.07) is 8.54. The number of benzene rings is 1. The van der Waals surface area contributed by atoms with E-state index in [1.807, 2.05) is 0 Å². The van der Waals surface area contributed by atoms with Crippen LogP contribution in [0.15, 0.2) is 45.5 Å². The fourth-order valence-corrected chi connectivity index (χ4v) is 3.39. The first-order valence-electron chi connectivity index (χ1n) is 9.03. The van der Waals surface area contributed by atoms with Gasteiger partial charge in [0, 0.05) is 25.8 Å². The molecular formula is C19H17F3N4O4. The number of oxazole rings is 1. The molecule has 0 N–H and O–H groups in total. The van der Waals surface area contributed by atoms with Crippen LogP contribution in [0.4, 0.5) is 13.2 Å². The molecule has 1 amide bonds. The maximum absolute atomic E-state index is 14.1. The lowest BCUT2D eigenvalue weighted by Crippen LogP contribution is -2.46. The largest absolute Gasteiger partial charge is 0.446 e. The minimum Gasteiger partial charge on any atom is -0.446 e. The van der Waals surface area contributed by atoms with E-state index in [1.165, 1.54) is 7.11 Å². The molecule has 2 aromatic heterocycles. The average Bonchev–Trinajstić information content (AvgIpc) is 3.47. The predicted molar refractivity (Wildman–Crippen MR) is 95.2 cm³/mol. The van der Waals surface area contributed by atoms with Crippen molar-refractivity contribution >= 4 is 5.91 Å². The number of carbonyl (C=O) groups excluding carboxylic acids is 1. The van der Waals surface area contributed by atoms with E-state index in [1.54, 1.807) is 30.3 Å². The van der Waals surface area contributed by atoms with Crippen molar-refractivity contribution < 1.29 is 31.6 Å². The van der Waals surface area contributed by atoms with Gasteiger partial charge in [0.2, 0.25) is 17.6 Å². The molecule has 30 heavy (non-hydrogen) atoms. The van der Waals surface area contributed by atoms with E-state index in [-0.39, 0.29) is 30.6 Å². The first kappa shape index (κ1) is 20.1. The Kier molecular flexibility index (Phi) is 5.06. The van der Waals surface area contributed by atoms with Crippen molar-refractivity contribution in [1.29, 1.82) is 0 Å². The first-order valence-corrected chi connectivity index (χ1v) is 9.03. The van der Waals surface area contributed by atoms with Gasteiger partial charge in [-0.25, -0.2) is 4.98 Å². The van der Waals surface area contributed by atoms with Crippen molar-refractivity contribution in [1.82, 2.24) is 20.0 Å². The van der Waals surface area contributed by atoms with E-state index < -0.39 is 36.4 Å². The summed E-state index contributed by atoms with van der Waals surface area (Å²) < 4.78 is 57.4. The van der Waals surface area contributed by atoms with Crippen LogP contribution in [0.3, 0.4) is 0 Å². The predicted octanol–water partition coefficient (Wildman–Crippen LogP) is 3.22. The van der Waals surface area contributed by atoms with Crippen LogP contribution in [0.25, 0.3) is 11.4 Å². The van der Waals surface area contributed by atoms with Gasteiger partial charge >= 0.3 is 6.18 Å². The Morgan fingerprint density at radius 1 is 1.27 bits per heavy atom. The molecule has 1 atom stereocenters. The molecule has 0 saturated carbocycles. The van der Waals surface area contributed by atoms with Gasteiger partial charge in [-0.05, 0) is 6.42 Å². The highest BCUT2D eigenvalue weighted by Crippen LogP contribution is 2.47. The second-order valence-corrected chi connectivity index (χ2v) is 6.91. The third-order valence-corrected chi connectivity index (χ3v) is 5.01. The van der Waals surface area contributed by atoms with Crippen molar-refractivity contribution in [2.45, 2.75) is 24.6 Å². The van der Waals surface area contributed by atoms with Gasteiger partial charge in [-0.3, -0.25) is 4.79 Å². The van der Waals surface area contributed by atoms with Crippen LogP contribution >= 0.6 is 0 Å². The molecule has 0 bridgehead atoms. The van der Waals surface area contributed by atoms with Gasteiger partial charge in [0.1, 0.15) is 12.9 Å². The molecule has 1 saturated heterocycles. The molecule has 1 aromatic carbocycles. The summed E-state index contributed by atoms with van der Waals surface area (Å²) in [7, 11) is 1.43. The molecule has 3 aromatic rings. The SMILES string of the molecule is COCc1nc(C(=O)N2CCC(c3nc(-c4ccccc4)no3)(C(F)(F)F)C2)co1. The summed E-state index contributed by atoms with van der Waals surface area (Å²) in [5.74, 6) is -1.02. The molecular weight excluding hydrogens is 405 g/mol. The van der Waals surface area contributed by atoms with Crippen LogP contribution in [0.1, 0.15) is 28.7 Å². The Balaban J connectivity index is 1.61. The lowest BCUT2D eigenvalue weighted by Gasteiger charge is -2.27. The number of amides is 1. The molecule has 11 heteroatoms. The Hall–Kier alpha value is -3.21. The number of hydrogen-bond acceptors (Lipinski definition) is 7.